The zero-order valence-corrected chi connectivity index (χ0v) is 6.67. The van der Waals surface area contributed by atoms with Gasteiger partial charge in [0.15, 0.2) is 10.7 Å². The largest absolute Gasteiger partial charge is 0.226 e. The van der Waals surface area contributed by atoms with Crippen molar-refractivity contribution in [3.05, 3.63) is 16.5 Å². The minimum Gasteiger partial charge on any atom is -0.226 e. The predicted octanol–water partition coefficient (Wildman–Crippen LogP) is 1.37. The minimum absolute atomic E-state index is 0.315. The van der Waals surface area contributed by atoms with Gasteiger partial charge in [0.05, 0.1) is 4.34 Å². The number of hydrogen-bond donors (Lipinski definition) is 1. The van der Waals surface area contributed by atoms with Gasteiger partial charge < -0.3 is 0 Å². The number of thiophene rings is 1. The third-order valence-corrected chi connectivity index (χ3v) is 3.00. The molecule has 50 valence electrons. The summed E-state index contributed by atoms with van der Waals surface area (Å²) >= 11 is 6.52. The highest BCUT2D eigenvalue weighted by atomic mass is 35.5. The molecule has 9 heavy (non-hydrogen) atoms. The van der Waals surface area contributed by atoms with Crippen molar-refractivity contribution in [1.82, 2.24) is 0 Å². The fourth-order valence-electron chi connectivity index (χ4n) is 0.403. The third kappa shape index (κ3) is 1.67. The maximum atomic E-state index is 10.2. The molecule has 0 fully saturated rings. The molecular formula is C4H3ClO2S2. The van der Waals surface area contributed by atoms with Crippen LogP contribution in [-0.4, -0.2) is 8.42 Å². The highest BCUT2D eigenvalue weighted by Crippen LogP contribution is 2.21. The summed E-state index contributed by atoms with van der Waals surface area (Å²) in [6.45, 7) is 0. The van der Waals surface area contributed by atoms with E-state index < -0.39 is 10.7 Å². The first-order valence-electron chi connectivity index (χ1n) is 2.10. The highest BCUT2D eigenvalue weighted by molar-refractivity contribution is 7.75. The Morgan fingerprint density at radius 2 is 2.11 bits per heavy atom. The lowest BCUT2D eigenvalue weighted by Gasteiger charge is -1.72. The molecule has 0 aromatic carbocycles. The van der Waals surface area contributed by atoms with Crippen LogP contribution in [0.25, 0.3) is 0 Å². The van der Waals surface area contributed by atoms with Crippen molar-refractivity contribution in [2.24, 2.45) is 0 Å². The lowest BCUT2D eigenvalue weighted by atomic mass is 10.7. The van der Waals surface area contributed by atoms with E-state index in [0.717, 1.165) is 11.3 Å². The molecule has 0 N–H and O–H groups in total. The summed E-state index contributed by atoms with van der Waals surface area (Å²) in [6.07, 6.45) is 0. The van der Waals surface area contributed by atoms with Crippen LogP contribution >= 0.6 is 22.9 Å². The molecule has 1 aromatic rings. The Bertz CT molecular complexity index is 268. The van der Waals surface area contributed by atoms with Crippen LogP contribution in [-0.2, 0) is 10.7 Å². The highest BCUT2D eigenvalue weighted by Gasteiger charge is 1.96. The molecule has 0 amide bonds. The molecule has 0 saturated carbocycles. The van der Waals surface area contributed by atoms with Crippen molar-refractivity contribution in [2.75, 3.05) is 0 Å². The summed E-state index contributed by atoms with van der Waals surface area (Å²) in [5.41, 5.74) is 0. The van der Waals surface area contributed by atoms with Gasteiger partial charge in [-0.25, -0.2) is 8.42 Å². The van der Waals surface area contributed by atoms with Gasteiger partial charge in [0.25, 0.3) is 0 Å². The molecule has 0 saturated heterocycles. The summed E-state index contributed by atoms with van der Waals surface area (Å²) in [4.78, 5) is 0. The SMILES string of the molecule is O=[SH](=O)c1ccc(Cl)s1. The monoisotopic (exact) mass is 182 g/mol. The van der Waals surface area contributed by atoms with Gasteiger partial charge in [0, 0.05) is 0 Å². The molecule has 1 rings (SSSR count). The molecule has 0 aliphatic heterocycles. The van der Waals surface area contributed by atoms with E-state index in [1.54, 1.807) is 6.07 Å². The zero-order valence-electron chi connectivity index (χ0n) is 4.20. The Morgan fingerprint density at radius 3 is 2.33 bits per heavy atom. The standard InChI is InChI=1S/C4H3ClO2S2/c5-3-1-2-4(8-3)9(6)7/h1-2,9H. The van der Waals surface area contributed by atoms with Crippen LogP contribution in [0.1, 0.15) is 0 Å². The van der Waals surface area contributed by atoms with Crippen LogP contribution < -0.4 is 0 Å². The molecule has 0 atom stereocenters. The Balaban J connectivity index is 3.12. The lowest BCUT2D eigenvalue weighted by Crippen LogP contribution is -1.66. The maximum Gasteiger partial charge on any atom is 0.177 e. The summed E-state index contributed by atoms with van der Waals surface area (Å²) in [7, 11) is -2.44. The van der Waals surface area contributed by atoms with Gasteiger partial charge in [0.1, 0.15) is 4.21 Å². The van der Waals surface area contributed by atoms with E-state index in [9.17, 15) is 8.42 Å². The van der Waals surface area contributed by atoms with Crippen molar-refractivity contribution in [2.45, 2.75) is 4.21 Å². The van der Waals surface area contributed by atoms with E-state index in [4.69, 9.17) is 11.6 Å². The molecule has 0 unspecified atom stereocenters. The van der Waals surface area contributed by atoms with Crippen LogP contribution in [0.2, 0.25) is 4.34 Å². The Kier molecular flexibility index (Phi) is 2.10. The fourth-order valence-corrected chi connectivity index (χ4v) is 2.14. The van der Waals surface area contributed by atoms with Gasteiger partial charge in [-0.05, 0) is 12.1 Å². The molecule has 1 aromatic heterocycles. The van der Waals surface area contributed by atoms with E-state index >= 15 is 0 Å². The molecule has 0 bridgehead atoms. The van der Waals surface area contributed by atoms with Crippen molar-refractivity contribution in [3.63, 3.8) is 0 Å². The topological polar surface area (TPSA) is 34.1 Å². The summed E-state index contributed by atoms with van der Waals surface area (Å²) in [5.74, 6) is 0. The average molecular weight is 183 g/mol. The molecule has 1 heterocycles. The molecule has 0 aliphatic carbocycles. The first-order valence-corrected chi connectivity index (χ1v) is 4.47. The van der Waals surface area contributed by atoms with Crippen LogP contribution in [0, 0.1) is 0 Å². The smallest absolute Gasteiger partial charge is 0.177 e. The molecule has 2 nitrogen and oxygen atoms in total. The van der Waals surface area contributed by atoms with E-state index in [-0.39, 0.29) is 0 Å². The second-order valence-electron chi connectivity index (χ2n) is 1.33. The van der Waals surface area contributed by atoms with E-state index in [2.05, 4.69) is 0 Å². The summed E-state index contributed by atoms with van der Waals surface area (Å²) in [6, 6.07) is 3.05. The quantitative estimate of drug-likeness (QED) is 0.666. The van der Waals surface area contributed by atoms with Crippen molar-refractivity contribution in [3.8, 4) is 0 Å². The van der Waals surface area contributed by atoms with Gasteiger partial charge in [-0.3, -0.25) is 0 Å². The van der Waals surface area contributed by atoms with Gasteiger partial charge in [-0.2, -0.15) is 0 Å². The van der Waals surface area contributed by atoms with Crippen LogP contribution in [0.15, 0.2) is 16.3 Å². The number of thiol groups is 1. The van der Waals surface area contributed by atoms with E-state index in [0.29, 0.717) is 8.55 Å². The van der Waals surface area contributed by atoms with Gasteiger partial charge in [-0.15, -0.1) is 11.3 Å². The molecular weight excluding hydrogens is 180 g/mol. The Morgan fingerprint density at radius 1 is 1.44 bits per heavy atom. The normalized spacial score (nSPS) is 10.4. The number of halogens is 1. The molecule has 0 aliphatic rings. The third-order valence-electron chi connectivity index (χ3n) is 0.739. The van der Waals surface area contributed by atoms with Crippen LogP contribution in [0.4, 0.5) is 0 Å². The predicted molar refractivity (Wildman–Crippen MR) is 37.9 cm³/mol. The minimum atomic E-state index is -2.44. The van der Waals surface area contributed by atoms with Crippen molar-refractivity contribution >= 4 is 33.6 Å². The zero-order chi connectivity index (χ0) is 6.85. The summed E-state index contributed by atoms with van der Waals surface area (Å²) in [5, 5.41) is 0. The Hall–Kier alpha value is -0.0600. The first-order chi connectivity index (χ1) is 4.20. The lowest BCUT2D eigenvalue weighted by molar-refractivity contribution is 0.616. The van der Waals surface area contributed by atoms with E-state index in [1.165, 1.54) is 6.07 Å². The average Bonchev–Trinajstić information content (AvgIpc) is 2.14. The second kappa shape index (κ2) is 2.68. The molecule has 5 heteroatoms. The van der Waals surface area contributed by atoms with Gasteiger partial charge >= 0.3 is 0 Å². The second-order valence-corrected chi connectivity index (χ2v) is 4.35. The molecule has 0 radical (unpaired) electrons. The van der Waals surface area contributed by atoms with E-state index in [1.807, 2.05) is 0 Å². The van der Waals surface area contributed by atoms with Crippen molar-refractivity contribution in [1.29, 1.82) is 0 Å². The van der Waals surface area contributed by atoms with Gasteiger partial charge in [0.2, 0.25) is 0 Å². The Labute approximate surface area is 63.0 Å². The first kappa shape index (κ1) is 7.05. The fraction of sp³-hybridized carbons (Fsp3) is 0. The van der Waals surface area contributed by atoms with Crippen molar-refractivity contribution < 1.29 is 8.42 Å². The van der Waals surface area contributed by atoms with Gasteiger partial charge in [-0.1, -0.05) is 11.6 Å². The number of hydrogen-bond acceptors (Lipinski definition) is 3. The summed E-state index contributed by atoms with van der Waals surface area (Å²) < 4.78 is 21.2. The number of rotatable bonds is 1. The van der Waals surface area contributed by atoms with Crippen LogP contribution in [0.3, 0.4) is 0 Å². The van der Waals surface area contributed by atoms with Crippen LogP contribution in [0.5, 0.6) is 0 Å². The molecule has 0 spiro atoms. The maximum absolute atomic E-state index is 10.2.